The van der Waals surface area contributed by atoms with Gasteiger partial charge in [0, 0.05) is 5.56 Å². The molecule has 0 spiro atoms. The van der Waals surface area contributed by atoms with E-state index < -0.39 is 8.17 Å². The van der Waals surface area contributed by atoms with Gasteiger partial charge in [-0.05, 0) is 45.8 Å². The highest BCUT2D eigenvalue weighted by atomic mass is 79.9. The second kappa shape index (κ2) is 9.45. The molecule has 2 aromatic carbocycles. The highest BCUT2D eigenvalue weighted by Crippen LogP contribution is 2.51. The Morgan fingerprint density at radius 2 is 1.36 bits per heavy atom. The van der Waals surface area contributed by atoms with Crippen molar-refractivity contribution in [2.45, 2.75) is 0 Å². The van der Waals surface area contributed by atoms with Crippen LogP contribution in [0.5, 0.6) is 28.7 Å². The summed E-state index contributed by atoms with van der Waals surface area (Å²) in [5.41, 5.74) is 1.19. The van der Waals surface area contributed by atoms with E-state index in [1.807, 2.05) is 0 Å². The van der Waals surface area contributed by atoms with Crippen molar-refractivity contribution in [3.8, 4) is 28.7 Å². The van der Waals surface area contributed by atoms with Crippen LogP contribution >= 0.6 is 24.1 Å². The van der Waals surface area contributed by atoms with E-state index >= 15 is 0 Å². The Balaban J connectivity index is 2.50. The minimum Gasteiger partial charge on any atom is -0.495 e. The van der Waals surface area contributed by atoms with Crippen LogP contribution in [0.2, 0.25) is 0 Å². The third-order valence-corrected chi connectivity index (χ3v) is 4.85. The molecule has 0 saturated carbocycles. The number of halogens is 1. The maximum atomic E-state index is 9.33. The molecule has 0 heterocycles. The molecule has 0 radical (unpaired) electrons. The molecule has 3 N–H and O–H groups in total. The van der Waals surface area contributed by atoms with Crippen LogP contribution in [-0.2, 0) is 0 Å². The first-order valence-corrected chi connectivity index (χ1v) is 10.2. The zero-order valence-corrected chi connectivity index (χ0v) is 18.2. The Hall–Kier alpha value is -2.03. The predicted molar refractivity (Wildman–Crippen MR) is 110 cm³/mol. The summed E-state index contributed by atoms with van der Waals surface area (Å²) in [6.07, 6.45) is 3.40. The van der Waals surface area contributed by atoms with Gasteiger partial charge in [0.15, 0.2) is 11.5 Å². The lowest BCUT2D eigenvalue weighted by atomic mass is 10.1. The first-order valence-electron chi connectivity index (χ1n) is 7.85. The summed E-state index contributed by atoms with van der Waals surface area (Å²) in [6.45, 7) is 0. The van der Waals surface area contributed by atoms with Crippen molar-refractivity contribution in [1.29, 1.82) is 0 Å². The minimum absolute atomic E-state index is 0.0175. The molecular formula is C18H21BrO8P+. The Morgan fingerprint density at radius 3 is 1.82 bits per heavy atom. The van der Waals surface area contributed by atoms with Crippen molar-refractivity contribution >= 4 is 36.3 Å². The Kier molecular flexibility index (Phi) is 7.51. The predicted octanol–water partition coefficient (Wildman–Crippen LogP) is 3.69. The van der Waals surface area contributed by atoms with Gasteiger partial charge in [-0.1, -0.05) is 12.2 Å². The van der Waals surface area contributed by atoms with Crippen molar-refractivity contribution in [2.24, 2.45) is 0 Å². The Morgan fingerprint density at radius 1 is 0.786 bits per heavy atom. The van der Waals surface area contributed by atoms with Gasteiger partial charge in [0.1, 0.15) is 10.2 Å². The highest BCUT2D eigenvalue weighted by molar-refractivity contribution is 9.10. The molecule has 0 aliphatic rings. The first kappa shape index (κ1) is 22.3. The SMILES string of the molecule is COc1ccc(/C=C\c2cc(OC)c(OC)c(OC)c2)c(O[P+](O)(O)O)c1Br. The topological polar surface area (TPSA) is 107 Å². The van der Waals surface area contributed by atoms with Gasteiger partial charge in [-0.25, -0.2) is 0 Å². The molecule has 0 unspecified atom stereocenters. The van der Waals surface area contributed by atoms with Crippen molar-refractivity contribution in [3.63, 3.8) is 0 Å². The number of methoxy groups -OCH3 is 4. The zero-order valence-electron chi connectivity index (χ0n) is 15.7. The molecule has 0 fully saturated rings. The molecule has 0 amide bonds. The van der Waals surface area contributed by atoms with E-state index in [4.69, 9.17) is 23.5 Å². The molecule has 0 atom stereocenters. The lowest BCUT2D eigenvalue weighted by Crippen LogP contribution is -2.01. The van der Waals surface area contributed by atoms with Gasteiger partial charge in [0.05, 0.1) is 28.4 Å². The Labute approximate surface area is 171 Å². The van der Waals surface area contributed by atoms with Crippen molar-refractivity contribution < 1.29 is 38.2 Å². The quantitative estimate of drug-likeness (QED) is 0.392. The number of hydrogen-bond acceptors (Lipinski definition) is 8. The van der Waals surface area contributed by atoms with E-state index in [1.54, 1.807) is 36.4 Å². The van der Waals surface area contributed by atoms with Crippen LogP contribution < -0.4 is 23.5 Å². The highest BCUT2D eigenvalue weighted by Gasteiger charge is 2.37. The summed E-state index contributed by atoms with van der Waals surface area (Å²) in [7, 11) is 1.48. The number of hydrogen-bond donors (Lipinski definition) is 3. The summed E-state index contributed by atoms with van der Waals surface area (Å²) < 4.78 is 26.4. The minimum atomic E-state index is -4.53. The summed E-state index contributed by atoms with van der Waals surface area (Å²) in [5.74, 6) is 1.85. The summed E-state index contributed by atoms with van der Waals surface area (Å²) >= 11 is 3.28. The average molecular weight is 476 g/mol. The number of ether oxygens (including phenoxy) is 4. The van der Waals surface area contributed by atoms with Crippen LogP contribution in [0.1, 0.15) is 11.1 Å². The lowest BCUT2D eigenvalue weighted by Gasteiger charge is -2.13. The van der Waals surface area contributed by atoms with E-state index in [9.17, 15) is 14.7 Å². The van der Waals surface area contributed by atoms with Crippen LogP contribution in [0, 0.1) is 0 Å². The van der Waals surface area contributed by atoms with Gasteiger partial charge in [-0.3, -0.25) is 4.52 Å². The van der Waals surface area contributed by atoms with E-state index in [0.717, 1.165) is 5.56 Å². The summed E-state index contributed by atoms with van der Waals surface area (Å²) in [4.78, 5) is 28.0. The van der Waals surface area contributed by atoms with Crippen molar-refractivity contribution in [1.82, 2.24) is 0 Å². The molecule has 2 rings (SSSR count). The molecule has 0 bridgehead atoms. The van der Waals surface area contributed by atoms with Crippen molar-refractivity contribution in [3.05, 3.63) is 39.9 Å². The molecular weight excluding hydrogens is 455 g/mol. The first-order chi connectivity index (χ1) is 13.2. The van der Waals surface area contributed by atoms with E-state index in [0.29, 0.717) is 33.0 Å². The van der Waals surface area contributed by atoms with Crippen LogP contribution in [0.4, 0.5) is 0 Å². The molecule has 28 heavy (non-hydrogen) atoms. The van der Waals surface area contributed by atoms with Crippen LogP contribution in [-0.4, -0.2) is 43.1 Å². The van der Waals surface area contributed by atoms with Gasteiger partial charge in [-0.15, -0.1) is 0 Å². The normalized spacial score (nSPS) is 11.4. The number of benzene rings is 2. The average Bonchev–Trinajstić information content (AvgIpc) is 2.66. The molecule has 0 aromatic heterocycles. The standard InChI is InChI=1S/C18H21BrO8P/c1-23-13-8-7-12(17(16(13)19)27-28(20,21)22)6-5-11-9-14(24-2)18(26-4)15(10-11)25-3/h5-10,20-22H,1-4H3/q+1/b6-5-. The van der Waals surface area contributed by atoms with Gasteiger partial charge in [0.2, 0.25) is 11.5 Å². The second-order valence-electron chi connectivity index (χ2n) is 5.40. The smallest absolute Gasteiger partial charge is 0.495 e. The fourth-order valence-electron chi connectivity index (χ4n) is 2.44. The number of rotatable bonds is 8. The lowest BCUT2D eigenvalue weighted by molar-refractivity contribution is 0.237. The fraction of sp³-hybridized carbons (Fsp3) is 0.222. The summed E-state index contributed by atoms with van der Waals surface area (Å²) in [6, 6.07) is 6.80. The van der Waals surface area contributed by atoms with E-state index in [-0.39, 0.29) is 5.75 Å². The van der Waals surface area contributed by atoms with Gasteiger partial charge < -0.3 is 18.9 Å². The molecule has 0 saturated heterocycles. The van der Waals surface area contributed by atoms with Gasteiger partial charge in [-0.2, -0.15) is 14.7 Å². The zero-order chi connectivity index (χ0) is 20.9. The third kappa shape index (κ3) is 5.27. The molecule has 0 aliphatic heterocycles. The van der Waals surface area contributed by atoms with E-state index in [1.165, 1.54) is 28.4 Å². The molecule has 2 aromatic rings. The maximum absolute atomic E-state index is 9.33. The van der Waals surface area contributed by atoms with Crippen molar-refractivity contribution in [2.75, 3.05) is 28.4 Å². The Bertz CT molecular complexity index is 838. The molecule has 152 valence electrons. The molecule has 10 heteroatoms. The molecule has 0 aliphatic carbocycles. The summed E-state index contributed by atoms with van der Waals surface area (Å²) in [5, 5.41) is 0. The maximum Gasteiger partial charge on any atom is 0.613 e. The third-order valence-electron chi connectivity index (χ3n) is 3.67. The fourth-order valence-corrected chi connectivity index (χ4v) is 3.61. The second-order valence-corrected chi connectivity index (χ2v) is 7.40. The van der Waals surface area contributed by atoms with E-state index in [2.05, 4.69) is 15.9 Å². The van der Waals surface area contributed by atoms with Gasteiger partial charge >= 0.3 is 8.17 Å². The van der Waals surface area contributed by atoms with Gasteiger partial charge in [0.25, 0.3) is 0 Å². The largest absolute Gasteiger partial charge is 0.613 e. The van der Waals surface area contributed by atoms with Crippen LogP contribution in [0.25, 0.3) is 12.2 Å². The monoisotopic (exact) mass is 475 g/mol. The molecule has 8 nitrogen and oxygen atoms in total. The van der Waals surface area contributed by atoms with Crippen LogP contribution in [0.15, 0.2) is 28.7 Å². The van der Waals surface area contributed by atoms with Crippen LogP contribution in [0.3, 0.4) is 0 Å².